The Hall–Kier alpha value is -2.93. The van der Waals surface area contributed by atoms with Gasteiger partial charge in [0.15, 0.2) is 5.13 Å². The van der Waals surface area contributed by atoms with Gasteiger partial charge in [0, 0.05) is 42.0 Å². The number of benzene rings is 3. The Bertz CT molecular complexity index is 1240. The van der Waals surface area contributed by atoms with E-state index in [9.17, 15) is 4.79 Å². The summed E-state index contributed by atoms with van der Waals surface area (Å²) < 4.78 is 1.04. The van der Waals surface area contributed by atoms with Crippen molar-refractivity contribution in [2.24, 2.45) is 0 Å². The molecule has 0 aliphatic rings. The zero-order valence-electron chi connectivity index (χ0n) is 18.3. The van der Waals surface area contributed by atoms with Crippen molar-refractivity contribution in [2.45, 2.75) is 0 Å². The fraction of sp³-hybridized carbons (Fsp3) is 0.200. The van der Waals surface area contributed by atoms with Crippen LogP contribution in [0.1, 0.15) is 10.4 Å². The molecule has 1 aromatic heterocycles. The summed E-state index contributed by atoms with van der Waals surface area (Å²) in [4.78, 5) is 21.8. The van der Waals surface area contributed by atoms with Gasteiger partial charge in [-0.1, -0.05) is 53.3 Å². The molecule has 0 atom stereocenters. The molecule has 4 aromatic rings. The highest BCUT2D eigenvalue weighted by atomic mass is 35.5. The Labute approximate surface area is 197 Å². The van der Waals surface area contributed by atoms with Gasteiger partial charge >= 0.3 is 0 Å². The zero-order valence-corrected chi connectivity index (χ0v) is 19.9. The molecule has 0 unspecified atom stereocenters. The monoisotopic (exact) mass is 464 g/mol. The number of thiazole rings is 1. The van der Waals surface area contributed by atoms with Crippen molar-refractivity contribution in [3.63, 3.8) is 0 Å². The van der Waals surface area contributed by atoms with E-state index in [1.54, 1.807) is 11.3 Å². The summed E-state index contributed by atoms with van der Waals surface area (Å²) in [6.07, 6.45) is 0. The van der Waals surface area contributed by atoms with Crippen molar-refractivity contribution < 1.29 is 4.79 Å². The van der Waals surface area contributed by atoms with E-state index in [1.807, 2.05) is 66.7 Å². The first kappa shape index (κ1) is 22.3. The molecule has 164 valence electrons. The number of fused-ring (bicyclic) bond motifs is 1. The van der Waals surface area contributed by atoms with Crippen molar-refractivity contribution in [1.29, 1.82) is 0 Å². The maximum Gasteiger partial charge on any atom is 0.255 e. The van der Waals surface area contributed by atoms with E-state index in [0.29, 0.717) is 10.6 Å². The topological polar surface area (TPSA) is 48.5 Å². The van der Waals surface area contributed by atoms with E-state index in [0.717, 1.165) is 45.3 Å². The molecule has 7 heteroatoms. The van der Waals surface area contributed by atoms with Gasteiger partial charge < -0.3 is 15.1 Å². The molecule has 0 saturated heterocycles. The Kier molecular flexibility index (Phi) is 6.74. The molecule has 32 heavy (non-hydrogen) atoms. The fourth-order valence-electron chi connectivity index (χ4n) is 3.30. The number of carbonyl (C=O) groups is 1. The molecule has 0 spiro atoms. The van der Waals surface area contributed by atoms with Crippen molar-refractivity contribution in [1.82, 2.24) is 9.88 Å². The number of likely N-dealkylation sites (N-methyl/N-ethyl adjacent to an activating group) is 2. The number of nitrogens with zero attached hydrogens (tertiary/aromatic N) is 3. The lowest BCUT2D eigenvalue weighted by Gasteiger charge is -2.18. The highest BCUT2D eigenvalue weighted by Gasteiger charge is 2.12. The van der Waals surface area contributed by atoms with E-state index in [1.165, 1.54) is 0 Å². The van der Waals surface area contributed by atoms with Crippen LogP contribution in [-0.4, -0.2) is 50.0 Å². The number of aromatic nitrogens is 1. The standard InChI is InChI=1S/C25H25ClN4OS/c1-29(2)14-15-30(3)25-28-22-13-12-19(16-23(22)32-25)27-24(31)18-10-8-17(9-11-18)20-6-4-5-7-21(20)26/h4-13,16H,14-15H2,1-3H3,(H,27,31). The van der Waals surface area contributed by atoms with Crippen LogP contribution in [0.5, 0.6) is 0 Å². The molecule has 1 amide bonds. The highest BCUT2D eigenvalue weighted by Crippen LogP contribution is 2.31. The molecular formula is C25H25ClN4OS. The van der Waals surface area contributed by atoms with Gasteiger partial charge in [-0.2, -0.15) is 0 Å². The van der Waals surface area contributed by atoms with Gasteiger partial charge in [0.05, 0.1) is 10.2 Å². The van der Waals surface area contributed by atoms with Crippen LogP contribution in [0.4, 0.5) is 10.8 Å². The minimum atomic E-state index is -0.150. The van der Waals surface area contributed by atoms with Crippen LogP contribution in [0.25, 0.3) is 21.3 Å². The quantitative estimate of drug-likeness (QED) is 0.371. The SMILES string of the molecule is CN(C)CCN(C)c1nc2ccc(NC(=O)c3ccc(-c4ccccc4Cl)cc3)cc2s1. The van der Waals surface area contributed by atoms with Gasteiger partial charge in [-0.15, -0.1) is 0 Å². The molecule has 5 nitrogen and oxygen atoms in total. The summed E-state index contributed by atoms with van der Waals surface area (Å²) in [7, 11) is 6.17. The second-order valence-electron chi connectivity index (χ2n) is 7.92. The van der Waals surface area contributed by atoms with E-state index in [4.69, 9.17) is 16.6 Å². The van der Waals surface area contributed by atoms with Gasteiger partial charge in [0.2, 0.25) is 0 Å². The smallest absolute Gasteiger partial charge is 0.255 e. The molecule has 1 heterocycles. The van der Waals surface area contributed by atoms with Gasteiger partial charge in [-0.05, 0) is 56.1 Å². The fourth-order valence-corrected chi connectivity index (χ4v) is 4.54. The molecule has 0 fully saturated rings. The van der Waals surface area contributed by atoms with Crippen molar-refractivity contribution in [2.75, 3.05) is 44.4 Å². The predicted molar refractivity (Wildman–Crippen MR) is 136 cm³/mol. The first-order chi connectivity index (χ1) is 15.4. The third kappa shape index (κ3) is 5.10. The summed E-state index contributed by atoms with van der Waals surface area (Å²) >= 11 is 7.91. The van der Waals surface area contributed by atoms with Crippen LogP contribution in [0.15, 0.2) is 66.7 Å². The number of hydrogen-bond acceptors (Lipinski definition) is 5. The van der Waals surface area contributed by atoms with Crippen molar-refractivity contribution in [3.8, 4) is 11.1 Å². The molecular weight excluding hydrogens is 440 g/mol. The number of rotatable bonds is 7. The van der Waals surface area contributed by atoms with Crippen LogP contribution in [-0.2, 0) is 0 Å². The molecule has 0 aliphatic carbocycles. The van der Waals surface area contributed by atoms with E-state index >= 15 is 0 Å². The Morgan fingerprint density at radius 3 is 2.47 bits per heavy atom. The minimum Gasteiger partial charge on any atom is -0.350 e. The molecule has 1 N–H and O–H groups in total. The van der Waals surface area contributed by atoms with E-state index in [-0.39, 0.29) is 5.91 Å². The van der Waals surface area contributed by atoms with Gasteiger partial charge in [0.25, 0.3) is 5.91 Å². The van der Waals surface area contributed by atoms with Crippen molar-refractivity contribution >= 4 is 49.9 Å². The predicted octanol–water partition coefficient (Wildman–Crippen LogP) is 5.87. The average Bonchev–Trinajstić information content (AvgIpc) is 3.21. The molecule has 0 radical (unpaired) electrons. The maximum absolute atomic E-state index is 12.8. The second kappa shape index (κ2) is 9.69. The summed E-state index contributed by atoms with van der Waals surface area (Å²) in [5.41, 5.74) is 4.20. The first-order valence-corrected chi connectivity index (χ1v) is 11.5. The first-order valence-electron chi connectivity index (χ1n) is 10.3. The number of carbonyl (C=O) groups excluding carboxylic acids is 1. The van der Waals surface area contributed by atoms with E-state index < -0.39 is 0 Å². The lowest BCUT2D eigenvalue weighted by Crippen LogP contribution is -2.28. The zero-order chi connectivity index (χ0) is 22.7. The normalized spacial score (nSPS) is 11.2. The molecule has 4 rings (SSSR count). The number of amides is 1. The maximum atomic E-state index is 12.8. The highest BCUT2D eigenvalue weighted by molar-refractivity contribution is 7.22. The third-order valence-corrected chi connectivity index (χ3v) is 6.64. The third-order valence-electron chi connectivity index (χ3n) is 5.18. The molecule has 0 saturated carbocycles. The van der Waals surface area contributed by atoms with Crippen LogP contribution in [0, 0.1) is 0 Å². The minimum absolute atomic E-state index is 0.150. The van der Waals surface area contributed by atoms with Gasteiger partial charge in [-0.25, -0.2) is 4.98 Å². The molecule has 0 bridgehead atoms. The Morgan fingerprint density at radius 1 is 1.00 bits per heavy atom. The van der Waals surface area contributed by atoms with Crippen LogP contribution in [0.2, 0.25) is 5.02 Å². The largest absolute Gasteiger partial charge is 0.350 e. The van der Waals surface area contributed by atoms with Crippen LogP contribution < -0.4 is 10.2 Å². The van der Waals surface area contributed by atoms with Crippen LogP contribution >= 0.6 is 22.9 Å². The number of nitrogens with one attached hydrogen (secondary N) is 1. The number of hydrogen-bond donors (Lipinski definition) is 1. The summed E-state index contributed by atoms with van der Waals surface area (Å²) in [6, 6.07) is 21.0. The summed E-state index contributed by atoms with van der Waals surface area (Å²) in [5, 5.41) is 4.65. The van der Waals surface area contributed by atoms with E-state index in [2.05, 4.69) is 36.3 Å². The lowest BCUT2D eigenvalue weighted by atomic mass is 10.0. The number of anilines is 2. The molecule has 0 aliphatic heterocycles. The second-order valence-corrected chi connectivity index (χ2v) is 9.33. The lowest BCUT2D eigenvalue weighted by molar-refractivity contribution is 0.102. The number of halogens is 1. The Balaban J connectivity index is 1.47. The van der Waals surface area contributed by atoms with Gasteiger partial charge in [-0.3, -0.25) is 4.79 Å². The van der Waals surface area contributed by atoms with Gasteiger partial charge in [0.1, 0.15) is 0 Å². The van der Waals surface area contributed by atoms with Crippen LogP contribution in [0.3, 0.4) is 0 Å². The summed E-state index contributed by atoms with van der Waals surface area (Å²) in [6.45, 7) is 1.86. The Morgan fingerprint density at radius 2 is 1.75 bits per heavy atom. The summed E-state index contributed by atoms with van der Waals surface area (Å²) in [5.74, 6) is -0.150. The molecule has 3 aromatic carbocycles. The van der Waals surface area contributed by atoms with Crippen molar-refractivity contribution in [3.05, 3.63) is 77.3 Å². The average molecular weight is 465 g/mol.